The first-order valence-electron chi connectivity index (χ1n) is 6.18. The number of amides is 1. The molecule has 1 saturated carbocycles. The van der Waals surface area contributed by atoms with Crippen molar-refractivity contribution < 1.29 is 4.79 Å². The summed E-state index contributed by atoms with van der Waals surface area (Å²) in [7, 11) is 0. The molecule has 102 valence electrons. The predicted octanol–water partition coefficient (Wildman–Crippen LogP) is 1.96. The van der Waals surface area contributed by atoms with E-state index < -0.39 is 0 Å². The molecule has 1 aliphatic carbocycles. The van der Waals surface area contributed by atoms with E-state index in [0.717, 1.165) is 5.82 Å². The Morgan fingerprint density at radius 2 is 2.11 bits per heavy atom. The fourth-order valence-electron chi connectivity index (χ4n) is 1.74. The molecule has 18 heavy (non-hydrogen) atoms. The van der Waals surface area contributed by atoms with Crippen LogP contribution in [0.1, 0.15) is 39.7 Å². The van der Waals surface area contributed by atoms with Crippen LogP contribution >= 0.6 is 12.4 Å². The Bertz CT molecular complexity index is 401. The molecule has 1 aliphatic rings. The summed E-state index contributed by atoms with van der Waals surface area (Å²) in [6.45, 7) is 5.97. The van der Waals surface area contributed by atoms with Gasteiger partial charge in [-0.15, -0.1) is 12.4 Å². The van der Waals surface area contributed by atoms with Crippen molar-refractivity contribution in [3.05, 3.63) is 12.3 Å². The fraction of sp³-hybridized carbons (Fsp3) is 0.667. The molecule has 0 aliphatic heterocycles. The van der Waals surface area contributed by atoms with Crippen LogP contribution in [0.25, 0.3) is 0 Å². The van der Waals surface area contributed by atoms with Crippen molar-refractivity contribution in [2.75, 3.05) is 5.32 Å². The van der Waals surface area contributed by atoms with Crippen LogP contribution in [0.15, 0.2) is 12.3 Å². The summed E-state index contributed by atoms with van der Waals surface area (Å²) in [5.74, 6) is 0.758. The normalized spacial score (nSPS) is 16.2. The monoisotopic (exact) mass is 272 g/mol. The first-order valence-corrected chi connectivity index (χ1v) is 6.18. The molecule has 6 heteroatoms. The lowest BCUT2D eigenvalue weighted by Gasteiger charge is -2.15. The van der Waals surface area contributed by atoms with Crippen LogP contribution in [-0.4, -0.2) is 27.8 Å². The van der Waals surface area contributed by atoms with Crippen LogP contribution < -0.4 is 10.6 Å². The summed E-state index contributed by atoms with van der Waals surface area (Å²) in [6.07, 6.45) is 4.07. The maximum absolute atomic E-state index is 11.9. The van der Waals surface area contributed by atoms with Crippen molar-refractivity contribution >= 4 is 24.1 Å². The molecule has 0 spiro atoms. The van der Waals surface area contributed by atoms with Gasteiger partial charge in [0, 0.05) is 18.2 Å². The van der Waals surface area contributed by atoms with E-state index in [1.165, 1.54) is 12.8 Å². The average Bonchev–Trinajstić information content (AvgIpc) is 2.94. The Balaban J connectivity index is 0.00000162. The zero-order valence-corrected chi connectivity index (χ0v) is 11.8. The van der Waals surface area contributed by atoms with E-state index >= 15 is 0 Å². The molecule has 1 heterocycles. The second-order valence-electron chi connectivity index (χ2n) is 4.91. The first-order chi connectivity index (χ1) is 8.08. The molecule has 0 radical (unpaired) electrons. The van der Waals surface area contributed by atoms with Gasteiger partial charge in [-0.2, -0.15) is 5.10 Å². The molecule has 1 aromatic rings. The van der Waals surface area contributed by atoms with Gasteiger partial charge in [0.2, 0.25) is 5.91 Å². The molecule has 1 amide bonds. The van der Waals surface area contributed by atoms with Crippen LogP contribution in [0.2, 0.25) is 0 Å². The topological polar surface area (TPSA) is 59.0 Å². The van der Waals surface area contributed by atoms with E-state index in [0.29, 0.717) is 6.04 Å². The van der Waals surface area contributed by atoms with Crippen LogP contribution in [0.5, 0.6) is 0 Å². The summed E-state index contributed by atoms with van der Waals surface area (Å²) < 4.78 is 1.81. The number of rotatable bonds is 5. The van der Waals surface area contributed by atoms with Crippen LogP contribution in [-0.2, 0) is 4.79 Å². The van der Waals surface area contributed by atoms with Gasteiger partial charge in [-0.3, -0.25) is 4.79 Å². The fourth-order valence-corrected chi connectivity index (χ4v) is 1.74. The lowest BCUT2D eigenvalue weighted by atomic mass is 10.3. The molecule has 0 bridgehead atoms. The summed E-state index contributed by atoms with van der Waals surface area (Å²) in [4.78, 5) is 11.9. The van der Waals surface area contributed by atoms with Crippen LogP contribution in [0.3, 0.4) is 0 Å². The smallest absolute Gasteiger partial charge is 0.242 e. The number of anilines is 1. The third kappa shape index (κ3) is 3.71. The summed E-state index contributed by atoms with van der Waals surface area (Å²) >= 11 is 0. The van der Waals surface area contributed by atoms with Crippen LogP contribution in [0, 0.1) is 0 Å². The number of hydrogen-bond donors (Lipinski definition) is 2. The standard InChI is InChI=1S/C12H20N4O.ClH/c1-8(2)16-11(6-7-13-16)15-12(17)9(3)14-10-4-5-10;/h6-10,14H,4-5H2,1-3H3,(H,15,17);1H. The Labute approximate surface area is 114 Å². The number of nitrogens with zero attached hydrogens (tertiary/aromatic N) is 2. The number of halogens is 1. The molecule has 1 aromatic heterocycles. The average molecular weight is 273 g/mol. The summed E-state index contributed by atoms with van der Waals surface area (Å²) in [5, 5.41) is 10.4. The molecule has 1 unspecified atom stereocenters. The molecule has 0 saturated heterocycles. The van der Waals surface area contributed by atoms with Gasteiger partial charge in [0.25, 0.3) is 0 Å². The van der Waals surface area contributed by atoms with E-state index in [1.807, 2.05) is 31.5 Å². The number of carbonyl (C=O) groups excluding carboxylic acids is 1. The Morgan fingerprint density at radius 3 is 2.67 bits per heavy atom. The minimum absolute atomic E-state index is 0. The molecule has 1 atom stereocenters. The van der Waals surface area contributed by atoms with Crippen LogP contribution in [0.4, 0.5) is 5.82 Å². The lowest BCUT2D eigenvalue weighted by Crippen LogP contribution is -2.39. The van der Waals surface area contributed by atoms with Crippen molar-refractivity contribution in [2.24, 2.45) is 0 Å². The molecular formula is C12H21ClN4O. The highest BCUT2D eigenvalue weighted by Crippen LogP contribution is 2.19. The minimum atomic E-state index is -0.155. The lowest BCUT2D eigenvalue weighted by molar-refractivity contribution is -0.117. The maximum atomic E-state index is 11.9. The number of aromatic nitrogens is 2. The second kappa shape index (κ2) is 6.20. The minimum Gasteiger partial charge on any atom is -0.310 e. The highest BCUT2D eigenvalue weighted by Gasteiger charge is 2.26. The molecule has 5 nitrogen and oxygen atoms in total. The molecule has 2 N–H and O–H groups in total. The number of carbonyl (C=O) groups is 1. The molecule has 2 rings (SSSR count). The summed E-state index contributed by atoms with van der Waals surface area (Å²) in [6, 6.07) is 2.44. The van der Waals surface area contributed by atoms with E-state index in [2.05, 4.69) is 15.7 Å². The molecule has 0 aromatic carbocycles. The number of nitrogens with one attached hydrogen (secondary N) is 2. The van der Waals surface area contributed by atoms with Gasteiger partial charge in [0.1, 0.15) is 5.82 Å². The van der Waals surface area contributed by atoms with Gasteiger partial charge < -0.3 is 10.6 Å². The van der Waals surface area contributed by atoms with E-state index in [-0.39, 0.29) is 30.4 Å². The largest absolute Gasteiger partial charge is 0.310 e. The molecule has 1 fully saturated rings. The third-order valence-corrected chi connectivity index (χ3v) is 2.87. The van der Waals surface area contributed by atoms with Gasteiger partial charge in [0.05, 0.1) is 12.2 Å². The highest BCUT2D eigenvalue weighted by atomic mass is 35.5. The number of hydrogen-bond acceptors (Lipinski definition) is 3. The SMILES string of the molecule is CC(NC1CC1)C(=O)Nc1ccnn1C(C)C.Cl. The van der Waals surface area contributed by atoms with Crippen molar-refractivity contribution in [1.29, 1.82) is 0 Å². The van der Waals surface area contributed by atoms with E-state index in [1.54, 1.807) is 6.20 Å². The van der Waals surface area contributed by atoms with Gasteiger partial charge in [-0.05, 0) is 33.6 Å². The Hall–Kier alpha value is -1.07. The van der Waals surface area contributed by atoms with Crippen molar-refractivity contribution in [2.45, 2.75) is 51.7 Å². The van der Waals surface area contributed by atoms with Crippen molar-refractivity contribution in [3.8, 4) is 0 Å². The van der Waals surface area contributed by atoms with Gasteiger partial charge in [0.15, 0.2) is 0 Å². The van der Waals surface area contributed by atoms with Crippen molar-refractivity contribution in [1.82, 2.24) is 15.1 Å². The zero-order valence-electron chi connectivity index (χ0n) is 11.0. The third-order valence-electron chi connectivity index (χ3n) is 2.87. The summed E-state index contributed by atoms with van der Waals surface area (Å²) in [5.41, 5.74) is 0. The van der Waals surface area contributed by atoms with Gasteiger partial charge in [-0.25, -0.2) is 4.68 Å². The quantitative estimate of drug-likeness (QED) is 0.862. The first kappa shape index (κ1) is 15.0. The zero-order chi connectivity index (χ0) is 12.4. The molecular weight excluding hydrogens is 252 g/mol. The maximum Gasteiger partial charge on any atom is 0.242 e. The Morgan fingerprint density at radius 1 is 1.44 bits per heavy atom. The Kier molecular flexibility index (Phi) is 5.16. The van der Waals surface area contributed by atoms with Crippen molar-refractivity contribution in [3.63, 3.8) is 0 Å². The highest BCUT2D eigenvalue weighted by molar-refractivity contribution is 5.93. The van der Waals surface area contributed by atoms with Gasteiger partial charge in [-0.1, -0.05) is 0 Å². The van der Waals surface area contributed by atoms with Gasteiger partial charge >= 0.3 is 0 Å². The van der Waals surface area contributed by atoms with E-state index in [9.17, 15) is 4.79 Å². The second-order valence-corrected chi connectivity index (χ2v) is 4.91. The van der Waals surface area contributed by atoms with E-state index in [4.69, 9.17) is 0 Å². The predicted molar refractivity (Wildman–Crippen MR) is 74.1 cm³/mol.